The molecule has 1 fully saturated rings. The number of hydrogen-bond donors (Lipinski definition) is 2. The highest BCUT2D eigenvalue weighted by atomic mass is 79.9. The van der Waals surface area contributed by atoms with E-state index in [0.717, 1.165) is 43.2 Å². The first kappa shape index (κ1) is 17.1. The molecule has 2 N–H and O–H groups in total. The number of rotatable bonds is 4. The second-order valence-electron chi connectivity index (χ2n) is 5.46. The number of carbonyl (C=O) groups is 1. The molecular formula is C15H19BrCl2N2O. The average molecular weight is 394 g/mol. The first-order chi connectivity index (χ1) is 10.00. The van der Waals surface area contributed by atoms with Gasteiger partial charge in [0.05, 0.1) is 21.1 Å². The molecule has 1 amide bonds. The zero-order valence-electron chi connectivity index (χ0n) is 11.9. The third kappa shape index (κ3) is 3.73. The van der Waals surface area contributed by atoms with Gasteiger partial charge < -0.3 is 10.6 Å². The monoisotopic (exact) mass is 392 g/mol. The number of nitrogens with one attached hydrogen (secondary N) is 2. The molecule has 0 radical (unpaired) electrons. The molecule has 0 aliphatic carbocycles. The van der Waals surface area contributed by atoms with E-state index in [-0.39, 0.29) is 11.3 Å². The summed E-state index contributed by atoms with van der Waals surface area (Å²) in [6.07, 6.45) is 3.59. The lowest BCUT2D eigenvalue weighted by atomic mass is 9.74. The predicted octanol–water partition coefficient (Wildman–Crippen LogP) is 4.86. The van der Waals surface area contributed by atoms with Crippen LogP contribution in [0, 0.1) is 5.41 Å². The van der Waals surface area contributed by atoms with Gasteiger partial charge >= 0.3 is 0 Å². The fraction of sp³-hybridized carbons (Fsp3) is 0.533. The average Bonchev–Trinajstić information content (AvgIpc) is 2.49. The summed E-state index contributed by atoms with van der Waals surface area (Å²) < 4.78 is 0.720. The Balaban J connectivity index is 2.21. The summed E-state index contributed by atoms with van der Waals surface area (Å²) in [5.74, 6) is 0.0474. The molecule has 1 heterocycles. The third-order valence-corrected chi connectivity index (χ3v) is 5.83. The Morgan fingerprint density at radius 3 is 2.62 bits per heavy atom. The van der Waals surface area contributed by atoms with Crippen molar-refractivity contribution in [1.29, 1.82) is 0 Å². The molecule has 6 heteroatoms. The van der Waals surface area contributed by atoms with Crippen molar-refractivity contribution in [3.63, 3.8) is 0 Å². The van der Waals surface area contributed by atoms with Gasteiger partial charge in [-0.15, -0.1) is 0 Å². The van der Waals surface area contributed by atoms with Crippen LogP contribution in [0.1, 0.15) is 32.6 Å². The van der Waals surface area contributed by atoms with Gasteiger partial charge in [0.2, 0.25) is 5.91 Å². The van der Waals surface area contributed by atoms with E-state index in [1.807, 2.05) is 0 Å². The number of hydrogen-bond acceptors (Lipinski definition) is 2. The highest BCUT2D eigenvalue weighted by Gasteiger charge is 2.38. The fourth-order valence-corrected chi connectivity index (χ4v) is 3.67. The Bertz CT molecular complexity index is 525. The van der Waals surface area contributed by atoms with Crippen LogP contribution in [0.2, 0.25) is 10.0 Å². The van der Waals surface area contributed by atoms with Crippen molar-refractivity contribution in [2.45, 2.75) is 32.6 Å². The van der Waals surface area contributed by atoms with E-state index in [2.05, 4.69) is 33.5 Å². The van der Waals surface area contributed by atoms with E-state index >= 15 is 0 Å². The molecule has 1 aromatic rings. The van der Waals surface area contributed by atoms with E-state index in [1.165, 1.54) is 0 Å². The third-order valence-electron chi connectivity index (χ3n) is 4.05. The Hall–Kier alpha value is -0.290. The molecule has 0 bridgehead atoms. The minimum absolute atomic E-state index is 0.0474. The van der Waals surface area contributed by atoms with Crippen molar-refractivity contribution in [3.8, 4) is 0 Å². The highest BCUT2D eigenvalue weighted by Crippen LogP contribution is 2.39. The van der Waals surface area contributed by atoms with Crippen molar-refractivity contribution < 1.29 is 4.79 Å². The Morgan fingerprint density at radius 1 is 1.33 bits per heavy atom. The molecule has 1 aliphatic heterocycles. The predicted molar refractivity (Wildman–Crippen MR) is 92.2 cm³/mol. The smallest absolute Gasteiger partial charge is 0.230 e. The van der Waals surface area contributed by atoms with Crippen LogP contribution >= 0.6 is 39.1 Å². The van der Waals surface area contributed by atoms with E-state index in [0.29, 0.717) is 15.7 Å². The Kier molecular flexibility index (Phi) is 5.95. The molecule has 2 rings (SSSR count). The largest absolute Gasteiger partial charge is 0.324 e. The molecule has 3 nitrogen and oxygen atoms in total. The number of carbonyl (C=O) groups excluding carboxylic acids is 1. The zero-order valence-corrected chi connectivity index (χ0v) is 15.0. The highest BCUT2D eigenvalue weighted by molar-refractivity contribution is 9.10. The van der Waals surface area contributed by atoms with Gasteiger partial charge in [0.1, 0.15) is 0 Å². The lowest BCUT2D eigenvalue weighted by molar-refractivity contribution is -0.127. The van der Waals surface area contributed by atoms with Crippen LogP contribution in [-0.2, 0) is 4.79 Å². The van der Waals surface area contributed by atoms with Gasteiger partial charge in [0, 0.05) is 4.47 Å². The van der Waals surface area contributed by atoms with Gasteiger partial charge in [0.15, 0.2) is 0 Å². The molecule has 116 valence electrons. The maximum absolute atomic E-state index is 12.8. The first-order valence-electron chi connectivity index (χ1n) is 7.16. The summed E-state index contributed by atoms with van der Waals surface area (Å²) in [7, 11) is 0. The van der Waals surface area contributed by atoms with Gasteiger partial charge in [-0.3, -0.25) is 4.79 Å². The van der Waals surface area contributed by atoms with Crippen molar-refractivity contribution in [2.75, 3.05) is 18.4 Å². The van der Waals surface area contributed by atoms with Crippen molar-refractivity contribution in [3.05, 3.63) is 26.7 Å². The molecular weight excluding hydrogens is 375 g/mol. The summed E-state index contributed by atoms with van der Waals surface area (Å²) in [6.45, 7) is 3.87. The van der Waals surface area contributed by atoms with E-state index in [1.54, 1.807) is 12.1 Å². The molecule has 0 unspecified atom stereocenters. The maximum atomic E-state index is 12.8. The molecule has 1 aliphatic rings. The van der Waals surface area contributed by atoms with Crippen molar-refractivity contribution >= 4 is 50.7 Å². The minimum atomic E-state index is -0.303. The summed E-state index contributed by atoms with van der Waals surface area (Å²) in [5, 5.41) is 7.08. The summed E-state index contributed by atoms with van der Waals surface area (Å²) in [4.78, 5) is 12.8. The minimum Gasteiger partial charge on any atom is -0.324 e. The number of benzene rings is 1. The fourth-order valence-electron chi connectivity index (χ4n) is 2.85. The van der Waals surface area contributed by atoms with Crippen LogP contribution in [0.4, 0.5) is 5.69 Å². The van der Waals surface area contributed by atoms with E-state index < -0.39 is 0 Å². The standard InChI is InChI=1S/C15H19BrCl2N2O/c1-2-5-15(6-8-19-9-7-15)14(21)20-11-4-3-10(16)12(17)13(11)18/h3-4,19H,2,5-9H2,1H3,(H,20,21). The number of amides is 1. The van der Waals surface area contributed by atoms with Crippen LogP contribution in [0.3, 0.4) is 0 Å². The van der Waals surface area contributed by atoms with Crippen LogP contribution in [0.15, 0.2) is 16.6 Å². The van der Waals surface area contributed by atoms with Crippen LogP contribution < -0.4 is 10.6 Å². The molecule has 0 aromatic heterocycles. The quantitative estimate of drug-likeness (QED) is 0.716. The molecule has 0 atom stereocenters. The van der Waals surface area contributed by atoms with Gasteiger partial charge in [0.25, 0.3) is 0 Å². The van der Waals surface area contributed by atoms with E-state index in [4.69, 9.17) is 23.2 Å². The normalized spacial score (nSPS) is 17.5. The van der Waals surface area contributed by atoms with Crippen LogP contribution in [-0.4, -0.2) is 19.0 Å². The van der Waals surface area contributed by atoms with Crippen molar-refractivity contribution in [2.24, 2.45) is 5.41 Å². The van der Waals surface area contributed by atoms with Gasteiger partial charge in [-0.05, 0) is 60.4 Å². The topological polar surface area (TPSA) is 41.1 Å². The Labute approximate surface area is 143 Å². The first-order valence-corrected chi connectivity index (χ1v) is 8.71. The lowest BCUT2D eigenvalue weighted by Gasteiger charge is -2.36. The van der Waals surface area contributed by atoms with Gasteiger partial charge in [-0.2, -0.15) is 0 Å². The summed E-state index contributed by atoms with van der Waals surface area (Å²) >= 11 is 15.6. The van der Waals surface area contributed by atoms with Gasteiger partial charge in [-0.25, -0.2) is 0 Å². The molecule has 1 aromatic carbocycles. The number of piperidine rings is 1. The SMILES string of the molecule is CCCC1(C(=O)Nc2ccc(Br)c(Cl)c2Cl)CCNCC1. The lowest BCUT2D eigenvalue weighted by Crippen LogP contribution is -2.44. The molecule has 21 heavy (non-hydrogen) atoms. The second-order valence-corrected chi connectivity index (χ2v) is 7.07. The molecule has 0 saturated carbocycles. The van der Waals surface area contributed by atoms with Gasteiger partial charge in [-0.1, -0.05) is 36.5 Å². The van der Waals surface area contributed by atoms with Crippen LogP contribution in [0.25, 0.3) is 0 Å². The maximum Gasteiger partial charge on any atom is 0.230 e. The van der Waals surface area contributed by atoms with Crippen molar-refractivity contribution in [1.82, 2.24) is 5.32 Å². The van der Waals surface area contributed by atoms with E-state index in [9.17, 15) is 4.79 Å². The number of anilines is 1. The van der Waals surface area contributed by atoms with Crippen LogP contribution in [0.5, 0.6) is 0 Å². The Morgan fingerprint density at radius 2 is 2.00 bits per heavy atom. The molecule has 1 saturated heterocycles. The number of halogens is 3. The zero-order chi connectivity index (χ0) is 15.5. The second kappa shape index (κ2) is 7.32. The molecule has 0 spiro atoms. The summed E-state index contributed by atoms with van der Waals surface area (Å²) in [5.41, 5.74) is 0.270. The summed E-state index contributed by atoms with van der Waals surface area (Å²) in [6, 6.07) is 3.57.